The average molecular weight is 590 g/mol. The Balaban J connectivity index is 1.72. The predicted molar refractivity (Wildman–Crippen MR) is 168 cm³/mol. The summed E-state index contributed by atoms with van der Waals surface area (Å²) in [6.45, 7) is 7.29. The minimum atomic E-state index is -4.10. The first kappa shape index (κ1) is 31.3. The maximum absolute atomic E-state index is 14.3. The Labute approximate surface area is 251 Å². The number of anilines is 1. The second kappa shape index (κ2) is 14.0. The van der Waals surface area contributed by atoms with Gasteiger partial charge in [0, 0.05) is 12.6 Å². The van der Waals surface area contributed by atoms with Crippen LogP contribution in [-0.4, -0.2) is 43.8 Å². The molecule has 8 heteroatoms. The van der Waals surface area contributed by atoms with Gasteiger partial charge in [-0.05, 0) is 74.9 Å². The Kier molecular flexibility index (Phi) is 10.4. The van der Waals surface area contributed by atoms with Gasteiger partial charge in [-0.3, -0.25) is 13.9 Å². The fourth-order valence-electron chi connectivity index (χ4n) is 5.58. The molecule has 7 nitrogen and oxygen atoms in total. The largest absolute Gasteiger partial charge is 0.352 e. The van der Waals surface area contributed by atoms with Crippen molar-refractivity contribution in [2.45, 2.75) is 89.7 Å². The van der Waals surface area contributed by atoms with Crippen LogP contribution in [0, 0.1) is 20.8 Å². The van der Waals surface area contributed by atoms with Crippen molar-refractivity contribution in [3.63, 3.8) is 0 Å². The third-order valence-corrected chi connectivity index (χ3v) is 9.83. The molecular formula is C34H43N3O4S. The lowest BCUT2D eigenvalue weighted by atomic mass is 9.95. The predicted octanol–water partition coefficient (Wildman–Crippen LogP) is 6.06. The number of hydrogen-bond donors (Lipinski definition) is 1. The molecule has 0 bridgehead atoms. The first-order valence-corrected chi connectivity index (χ1v) is 16.3. The van der Waals surface area contributed by atoms with E-state index in [1.54, 1.807) is 35.2 Å². The summed E-state index contributed by atoms with van der Waals surface area (Å²) in [4.78, 5) is 29.6. The normalized spacial score (nSPS) is 14.7. The van der Waals surface area contributed by atoms with Crippen LogP contribution in [-0.2, 0) is 26.2 Å². The molecule has 42 heavy (non-hydrogen) atoms. The average Bonchev–Trinajstić information content (AvgIpc) is 2.98. The topological polar surface area (TPSA) is 86.8 Å². The molecule has 2 amide bonds. The van der Waals surface area contributed by atoms with Crippen LogP contribution in [0.15, 0.2) is 77.7 Å². The Bertz CT molecular complexity index is 1470. The molecule has 3 aromatic rings. The maximum Gasteiger partial charge on any atom is 0.264 e. The summed E-state index contributed by atoms with van der Waals surface area (Å²) in [6.07, 6.45) is 5.61. The van der Waals surface area contributed by atoms with Gasteiger partial charge in [0.2, 0.25) is 11.8 Å². The molecule has 224 valence electrons. The molecule has 0 unspecified atom stereocenters. The highest BCUT2D eigenvalue weighted by Crippen LogP contribution is 2.29. The molecule has 0 aliphatic heterocycles. The lowest BCUT2D eigenvalue weighted by Crippen LogP contribution is -2.54. The van der Waals surface area contributed by atoms with E-state index in [1.165, 1.54) is 10.7 Å². The fourth-order valence-corrected chi connectivity index (χ4v) is 7.05. The van der Waals surface area contributed by atoms with Gasteiger partial charge in [-0.2, -0.15) is 0 Å². The number of hydrogen-bond acceptors (Lipinski definition) is 4. The van der Waals surface area contributed by atoms with Crippen molar-refractivity contribution in [1.29, 1.82) is 0 Å². The number of benzene rings is 3. The van der Waals surface area contributed by atoms with Crippen LogP contribution in [0.2, 0.25) is 0 Å². The van der Waals surface area contributed by atoms with E-state index in [-0.39, 0.29) is 23.4 Å². The summed E-state index contributed by atoms with van der Waals surface area (Å²) in [5.41, 5.74) is 3.87. The number of carbonyl (C=O) groups is 2. The van der Waals surface area contributed by atoms with Crippen molar-refractivity contribution in [2.75, 3.05) is 10.8 Å². The molecule has 1 atom stereocenters. The molecule has 1 N–H and O–H groups in total. The maximum atomic E-state index is 14.3. The number of sulfonamides is 1. The van der Waals surface area contributed by atoms with Gasteiger partial charge in [0.1, 0.15) is 12.6 Å². The molecule has 0 spiro atoms. The summed E-state index contributed by atoms with van der Waals surface area (Å²) >= 11 is 0. The number of rotatable bonds is 11. The standard InChI is InChI=1S/C34H43N3O4S/c1-5-31(34(39)35-29-14-10-7-11-15-29)36(23-28-12-8-6-9-13-28)33(38)24-37(32-22-26(3)16-19-27(32)4)42(40,41)30-20-17-25(2)18-21-30/h6,8-9,12-13,16-22,29,31H,5,7,10-11,14-15,23-24H2,1-4H3,(H,35,39)/t31-/m1/s1. The Morgan fingerprint density at radius 3 is 2.17 bits per heavy atom. The van der Waals surface area contributed by atoms with Crippen LogP contribution in [0.4, 0.5) is 5.69 Å². The van der Waals surface area contributed by atoms with Crippen LogP contribution in [0.25, 0.3) is 0 Å². The molecule has 0 heterocycles. The van der Waals surface area contributed by atoms with Crippen molar-refractivity contribution in [2.24, 2.45) is 0 Å². The van der Waals surface area contributed by atoms with E-state index in [1.807, 2.05) is 70.2 Å². The number of aryl methyl sites for hydroxylation is 3. The zero-order chi connectivity index (χ0) is 30.3. The van der Waals surface area contributed by atoms with Crippen molar-refractivity contribution >= 4 is 27.5 Å². The number of amides is 2. The van der Waals surface area contributed by atoms with Crippen LogP contribution in [0.3, 0.4) is 0 Å². The first-order valence-electron chi connectivity index (χ1n) is 14.9. The number of nitrogens with zero attached hydrogens (tertiary/aromatic N) is 2. The lowest BCUT2D eigenvalue weighted by molar-refractivity contribution is -0.140. The first-order chi connectivity index (χ1) is 20.1. The Morgan fingerprint density at radius 1 is 0.881 bits per heavy atom. The van der Waals surface area contributed by atoms with Gasteiger partial charge in [0.15, 0.2) is 0 Å². The van der Waals surface area contributed by atoms with E-state index in [4.69, 9.17) is 0 Å². The summed E-state index contributed by atoms with van der Waals surface area (Å²) < 4.78 is 29.5. The second-order valence-electron chi connectivity index (χ2n) is 11.4. The zero-order valence-electron chi connectivity index (χ0n) is 25.2. The van der Waals surface area contributed by atoms with E-state index >= 15 is 0 Å². The Hall–Kier alpha value is -3.65. The summed E-state index contributed by atoms with van der Waals surface area (Å²) in [5, 5.41) is 3.19. The van der Waals surface area contributed by atoms with E-state index < -0.39 is 28.5 Å². The molecular weight excluding hydrogens is 546 g/mol. The molecule has 0 aromatic heterocycles. The number of nitrogens with one attached hydrogen (secondary N) is 1. The minimum Gasteiger partial charge on any atom is -0.352 e. The van der Waals surface area contributed by atoms with Gasteiger partial charge in [0.25, 0.3) is 10.0 Å². The third-order valence-electron chi connectivity index (χ3n) is 8.05. The highest BCUT2D eigenvalue weighted by atomic mass is 32.2. The van der Waals surface area contributed by atoms with Gasteiger partial charge < -0.3 is 10.2 Å². The number of carbonyl (C=O) groups excluding carboxylic acids is 2. The van der Waals surface area contributed by atoms with Crippen LogP contribution in [0.5, 0.6) is 0 Å². The van der Waals surface area contributed by atoms with E-state index in [0.29, 0.717) is 12.1 Å². The molecule has 1 saturated carbocycles. The van der Waals surface area contributed by atoms with Crippen LogP contribution in [0.1, 0.15) is 67.7 Å². The van der Waals surface area contributed by atoms with Gasteiger partial charge in [-0.1, -0.05) is 86.3 Å². The van der Waals surface area contributed by atoms with E-state index in [9.17, 15) is 18.0 Å². The second-order valence-corrected chi connectivity index (χ2v) is 13.3. The van der Waals surface area contributed by atoms with Gasteiger partial charge >= 0.3 is 0 Å². The molecule has 0 radical (unpaired) electrons. The van der Waals surface area contributed by atoms with Crippen molar-refractivity contribution in [3.05, 3.63) is 95.1 Å². The van der Waals surface area contributed by atoms with E-state index in [0.717, 1.165) is 47.9 Å². The molecule has 4 rings (SSSR count). The van der Waals surface area contributed by atoms with Crippen molar-refractivity contribution < 1.29 is 18.0 Å². The SMILES string of the molecule is CC[C@H](C(=O)NC1CCCCC1)N(Cc1ccccc1)C(=O)CN(c1cc(C)ccc1C)S(=O)(=O)c1ccc(C)cc1. The molecule has 1 aliphatic carbocycles. The molecule has 3 aromatic carbocycles. The smallest absolute Gasteiger partial charge is 0.264 e. The highest BCUT2D eigenvalue weighted by Gasteiger charge is 2.35. The monoisotopic (exact) mass is 589 g/mol. The molecule has 1 fully saturated rings. The van der Waals surface area contributed by atoms with Crippen molar-refractivity contribution in [3.8, 4) is 0 Å². The van der Waals surface area contributed by atoms with Crippen LogP contribution < -0.4 is 9.62 Å². The summed E-state index contributed by atoms with van der Waals surface area (Å²) in [7, 11) is -4.10. The Morgan fingerprint density at radius 2 is 1.52 bits per heavy atom. The zero-order valence-corrected chi connectivity index (χ0v) is 26.0. The quantitative estimate of drug-likeness (QED) is 0.294. The van der Waals surface area contributed by atoms with Crippen LogP contribution >= 0.6 is 0 Å². The lowest BCUT2D eigenvalue weighted by Gasteiger charge is -2.34. The summed E-state index contributed by atoms with van der Waals surface area (Å²) in [6, 6.07) is 21.1. The third kappa shape index (κ3) is 7.59. The minimum absolute atomic E-state index is 0.0994. The molecule has 1 aliphatic rings. The fraction of sp³-hybridized carbons (Fsp3) is 0.412. The molecule has 0 saturated heterocycles. The van der Waals surface area contributed by atoms with Gasteiger partial charge in [-0.25, -0.2) is 8.42 Å². The summed E-state index contributed by atoms with van der Waals surface area (Å²) in [5.74, 6) is -0.616. The highest BCUT2D eigenvalue weighted by molar-refractivity contribution is 7.92. The van der Waals surface area contributed by atoms with E-state index in [2.05, 4.69) is 5.32 Å². The van der Waals surface area contributed by atoms with Gasteiger partial charge in [-0.15, -0.1) is 0 Å². The van der Waals surface area contributed by atoms with Gasteiger partial charge in [0.05, 0.1) is 10.6 Å². The van der Waals surface area contributed by atoms with Crippen molar-refractivity contribution in [1.82, 2.24) is 10.2 Å².